The lowest BCUT2D eigenvalue weighted by Crippen LogP contribution is -2.00. The number of benzene rings is 3. The second-order valence-corrected chi connectivity index (χ2v) is 7.00. The summed E-state index contributed by atoms with van der Waals surface area (Å²) in [6, 6.07) is 15.7. The van der Waals surface area contributed by atoms with Gasteiger partial charge in [-0.3, -0.25) is 0 Å². The third-order valence-electron chi connectivity index (χ3n) is 5.18. The molecule has 4 aromatic rings. The summed E-state index contributed by atoms with van der Waals surface area (Å²) in [5.74, 6) is 1.69. The zero-order valence-corrected chi connectivity index (χ0v) is 18.1. The first-order valence-electron chi connectivity index (χ1n) is 9.74. The van der Waals surface area contributed by atoms with Gasteiger partial charge in [-0.1, -0.05) is 0 Å². The quantitative estimate of drug-likeness (QED) is 0.413. The lowest BCUT2D eigenvalue weighted by molar-refractivity contribution is 0.0600. The van der Waals surface area contributed by atoms with Crippen molar-refractivity contribution in [3.05, 3.63) is 60.2 Å². The number of fused-ring (bicyclic) bond motifs is 1. The highest BCUT2D eigenvalue weighted by Gasteiger charge is 2.23. The lowest BCUT2D eigenvalue weighted by atomic mass is 9.97. The third kappa shape index (κ3) is 3.69. The van der Waals surface area contributed by atoms with Gasteiger partial charge in [0.2, 0.25) is 0 Å². The number of carbonyl (C=O) groups excluding carboxylic acids is 1. The van der Waals surface area contributed by atoms with Crippen LogP contribution in [0.25, 0.3) is 33.4 Å². The number of hydrogen-bond donors (Lipinski definition) is 1. The minimum Gasteiger partial charge on any atom is -0.507 e. The molecule has 32 heavy (non-hydrogen) atoms. The summed E-state index contributed by atoms with van der Waals surface area (Å²) in [5, 5.41) is 11.3. The van der Waals surface area contributed by atoms with Crippen LogP contribution >= 0.6 is 0 Å². The van der Waals surface area contributed by atoms with Crippen molar-refractivity contribution in [1.29, 1.82) is 0 Å². The Kier molecular flexibility index (Phi) is 5.64. The van der Waals surface area contributed by atoms with Crippen molar-refractivity contribution in [3.63, 3.8) is 0 Å². The Morgan fingerprint density at radius 1 is 0.781 bits per heavy atom. The first kappa shape index (κ1) is 21.1. The first-order chi connectivity index (χ1) is 15.5. The number of hydrogen-bond acceptors (Lipinski definition) is 7. The highest BCUT2D eigenvalue weighted by atomic mass is 16.5. The zero-order valence-electron chi connectivity index (χ0n) is 18.1. The molecule has 0 radical (unpaired) electrons. The molecule has 0 amide bonds. The van der Waals surface area contributed by atoms with Gasteiger partial charge in [-0.2, -0.15) is 0 Å². The Morgan fingerprint density at radius 2 is 1.41 bits per heavy atom. The molecule has 1 heterocycles. The topological polar surface area (TPSA) is 87.4 Å². The molecule has 0 bridgehead atoms. The molecule has 0 saturated heterocycles. The molecule has 164 valence electrons. The molecule has 7 nitrogen and oxygen atoms in total. The van der Waals surface area contributed by atoms with E-state index < -0.39 is 5.97 Å². The monoisotopic (exact) mass is 434 g/mol. The third-order valence-corrected chi connectivity index (χ3v) is 5.18. The number of carbonyl (C=O) groups is 1. The minimum atomic E-state index is -0.575. The molecule has 0 saturated carbocycles. The van der Waals surface area contributed by atoms with E-state index in [0.717, 1.165) is 5.56 Å². The second-order valence-electron chi connectivity index (χ2n) is 7.00. The van der Waals surface area contributed by atoms with Gasteiger partial charge in [0, 0.05) is 17.2 Å². The average molecular weight is 434 g/mol. The Morgan fingerprint density at radius 3 is 1.97 bits per heavy atom. The second kappa shape index (κ2) is 8.55. The van der Waals surface area contributed by atoms with Crippen molar-refractivity contribution in [3.8, 4) is 45.4 Å². The summed E-state index contributed by atoms with van der Waals surface area (Å²) in [5.41, 5.74) is 2.64. The van der Waals surface area contributed by atoms with E-state index in [2.05, 4.69) is 0 Å². The van der Waals surface area contributed by atoms with E-state index in [1.54, 1.807) is 33.5 Å². The van der Waals surface area contributed by atoms with Gasteiger partial charge in [-0.15, -0.1) is 0 Å². The number of methoxy groups -OCH3 is 4. The van der Waals surface area contributed by atoms with Crippen LogP contribution in [-0.2, 0) is 4.74 Å². The molecular formula is C25H22O7. The first-order valence-corrected chi connectivity index (χ1v) is 9.74. The van der Waals surface area contributed by atoms with Gasteiger partial charge in [-0.25, -0.2) is 4.79 Å². The predicted octanol–water partition coefficient (Wildman–Crippen LogP) is 5.28. The number of ether oxygens (including phenoxy) is 4. The van der Waals surface area contributed by atoms with Gasteiger partial charge in [0.25, 0.3) is 0 Å². The molecule has 0 aliphatic rings. The number of rotatable bonds is 6. The van der Waals surface area contributed by atoms with Gasteiger partial charge >= 0.3 is 5.97 Å². The largest absolute Gasteiger partial charge is 0.507 e. The Hall–Kier alpha value is -4.13. The fourth-order valence-electron chi connectivity index (χ4n) is 3.62. The van der Waals surface area contributed by atoms with Crippen molar-refractivity contribution < 1.29 is 33.3 Å². The molecule has 3 aromatic carbocycles. The number of aromatic hydroxyl groups is 1. The maximum Gasteiger partial charge on any atom is 0.338 e. The normalized spacial score (nSPS) is 10.8. The summed E-state index contributed by atoms with van der Waals surface area (Å²) in [7, 11) is 6.01. The molecule has 7 heteroatoms. The van der Waals surface area contributed by atoms with Crippen molar-refractivity contribution in [2.24, 2.45) is 0 Å². The van der Waals surface area contributed by atoms with E-state index in [1.807, 2.05) is 36.4 Å². The van der Waals surface area contributed by atoms with Crippen LogP contribution in [0.1, 0.15) is 10.4 Å². The van der Waals surface area contributed by atoms with Crippen LogP contribution in [0.15, 0.2) is 59.0 Å². The van der Waals surface area contributed by atoms with Gasteiger partial charge in [0.15, 0.2) is 0 Å². The molecule has 1 aromatic heterocycles. The summed E-state index contributed by atoms with van der Waals surface area (Å²) in [4.78, 5) is 12.1. The van der Waals surface area contributed by atoms with Crippen LogP contribution in [0.5, 0.6) is 23.0 Å². The van der Waals surface area contributed by atoms with Gasteiger partial charge in [-0.05, 0) is 54.1 Å². The Labute approximate surface area is 184 Å². The van der Waals surface area contributed by atoms with Gasteiger partial charge in [0.1, 0.15) is 34.3 Å². The molecule has 0 aliphatic carbocycles. The van der Waals surface area contributed by atoms with Crippen LogP contribution in [0.4, 0.5) is 0 Å². The SMILES string of the molecule is COC(=O)c1cc(O)c2c(-c3cc(OC)cc(OC)c3)c(-c3ccc(OC)cc3)oc2c1. The van der Waals surface area contributed by atoms with Gasteiger partial charge < -0.3 is 28.5 Å². The smallest absolute Gasteiger partial charge is 0.338 e. The summed E-state index contributed by atoms with van der Waals surface area (Å²) in [6.07, 6.45) is 0. The van der Waals surface area contributed by atoms with E-state index in [0.29, 0.717) is 45.1 Å². The van der Waals surface area contributed by atoms with E-state index in [9.17, 15) is 9.90 Å². The standard InChI is InChI=1S/C25H22O7/c1-28-17-7-5-14(6-8-17)24-22(15-9-18(29-2)13-19(10-15)30-3)23-20(26)11-16(25(27)31-4)12-21(23)32-24/h5-13,26H,1-4H3. The maximum atomic E-state index is 12.1. The molecule has 1 N–H and O–H groups in total. The maximum absolute atomic E-state index is 12.1. The van der Waals surface area contributed by atoms with Crippen LogP contribution in [0.2, 0.25) is 0 Å². The molecule has 0 unspecified atom stereocenters. The summed E-state index contributed by atoms with van der Waals surface area (Å²) >= 11 is 0. The van der Waals surface area contributed by atoms with E-state index in [1.165, 1.54) is 13.2 Å². The molecule has 0 aliphatic heterocycles. The van der Waals surface area contributed by atoms with Gasteiger partial charge in [0.05, 0.1) is 39.4 Å². The lowest BCUT2D eigenvalue weighted by Gasteiger charge is -2.10. The number of furan rings is 1. The minimum absolute atomic E-state index is 0.108. The summed E-state index contributed by atoms with van der Waals surface area (Å²) < 4.78 is 27.1. The van der Waals surface area contributed by atoms with E-state index in [4.69, 9.17) is 23.4 Å². The molecule has 4 rings (SSSR count). The zero-order chi connectivity index (χ0) is 22.8. The molecular weight excluding hydrogens is 412 g/mol. The fourth-order valence-corrected chi connectivity index (χ4v) is 3.62. The van der Waals surface area contributed by atoms with Crippen LogP contribution in [-0.4, -0.2) is 39.5 Å². The molecule has 0 atom stereocenters. The van der Waals surface area contributed by atoms with Crippen molar-refractivity contribution in [2.75, 3.05) is 28.4 Å². The summed E-state index contributed by atoms with van der Waals surface area (Å²) in [6.45, 7) is 0. The molecule has 0 spiro atoms. The highest BCUT2D eigenvalue weighted by Crippen LogP contribution is 2.46. The van der Waals surface area contributed by atoms with Crippen molar-refractivity contribution in [1.82, 2.24) is 0 Å². The predicted molar refractivity (Wildman–Crippen MR) is 120 cm³/mol. The van der Waals surface area contributed by atoms with E-state index >= 15 is 0 Å². The average Bonchev–Trinajstić information content (AvgIpc) is 3.23. The fraction of sp³-hybridized carbons (Fsp3) is 0.160. The van der Waals surface area contributed by atoms with Crippen LogP contribution in [0, 0.1) is 0 Å². The Bertz CT molecular complexity index is 1260. The number of esters is 1. The number of phenolic OH excluding ortho intramolecular Hbond substituents is 1. The van der Waals surface area contributed by atoms with Crippen molar-refractivity contribution >= 4 is 16.9 Å². The molecule has 0 fully saturated rings. The van der Waals surface area contributed by atoms with Crippen molar-refractivity contribution in [2.45, 2.75) is 0 Å². The number of phenols is 1. The Balaban J connectivity index is 2.05. The highest BCUT2D eigenvalue weighted by molar-refractivity contribution is 6.07. The van der Waals surface area contributed by atoms with Crippen LogP contribution < -0.4 is 14.2 Å². The van der Waals surface area contributed by atoms with Crippen LogP contribution in [0.3, 0.4) is 0 Å². The van der Waals surface area contributed by atoms with E-state index in [-0.39, 0.29) is 11.3 Å².